The van der Waals surface area contributed by atoms with E-state index in [0.29, 0.717) is 18.8 Å². The Kier molecular flexibility index (Phi) is 4.43. The lowest BCUT2D eigenvalue weighted by Gasteiger charge is -2.02. The van der Waals surface area contributed by atoms with Crippen LogP contribution < -0.4 is 5.32 Å². The molecule has 0 atom stereocenters. The zero-order chi connectivity index (χ0) is 12.0. The van der Waals surface area contributed by atoms with Gasteiger partial charge in [-0.25, -0.2) is 9.78 Å². The summed E-state index contributed by atoms with van der Waals surface area (Å²) in [6.45, 7) is 2.14. The number of hydrogen-bond acceptors (Lipinski definition) is 5. The van der Waals surface area contributed by atoms with Gasteiger partial charge in [-0.3, -0.25) is 9.48 Å². The van der Waals surface area contributed by atoms with Crippen LogP contribution in [0.4, 0.5) is 0 Å². The lowest BCUT2D eigenvalue weighted by Crippen LogP contribution is -2.34. The van der Waals surface area contributed by atoms with Gasteiger partial charge in [-0.2, -0.15) is 5.10 Å². The molecule has 7 nitrogen and oxygen atoms in total. The van der Waals surface area contributed by atoms with Crippen LogP contribution in [-0.4, -0.2) is 39.8 Å². The largest absolute Gasteiger partial charge is 0.459 e. The number of esters is 1. The molecular weight excluding hydrogens is 212 g/mol. The molecule has 1 rings (SSSR count). The standard InChI is InChI=1S/C9H14N4O3/c1-3-16-9(15)8(14)10-5-4-7-11-6-13(2)12-7/h6H,3-5H2,1-2H3,(H,10,14). The number of carbonyl (C=O) groups excluding carboxylic acids is 2. The van der Waals surface area contributed by atoms with Crippen LogP contribution in [0, 0.1) is 0 Å². The van der Waals surface area contributed by atoms with Gasteiger partial charge in [-0.05, 0) is 6.92 Å². The maximum atomic E-state index is 11.1. The molecule has 0 saturated carbocycles. The minimum Gasteiger partial charge on any atom is -0.459 e. The molecule has 0 aromatic carbocycles. The average Bonchev–Trinajstić information content (AvgIpc) is 2.64. The van der Waals surface area contributed by atoms with E-state index in [9.17, 15) is 9.59 Å². The highest BCUT2D eigenvalue weighted by atomic mass is 16.5. The number of rotatable bonds is 4. The minimum atomic E-state index is -0.864. The van der Waals surface area contributed by atoms with Gasteiger partial charge >= 0.3 is 11.9 Å². The second-order valence-corrected chi connectivity index (χ2v) is 3.06. The monoisotopic (exact) mass is 226 g/mol. The summed E-state index contributed by atoms with van der Waals surface area (Å²) >= 11 is 0. The third kappa shape index (κ3) is 3.68. The molecule has 0 saturated heterocycles. The van der Waals surface area contributed by atoms with Crippen molar-refractivity contribution in [3.8, 4) is 0 Å². The topological polar surface area (TPSA) is 86.1 Å². The SMILES string of the molecule is CCOC(=O)C(=O)NCCc1ncn(C)n1. The Balaban J connectivity index is 2.25. The van der Waals surface area contributed by atoms with Crippen molar-refractivity contribution < 1.29 is 14.3 Å². The fourth-order valence-electron chi connectivity index (χ4n) is 1.06. The van der Waals surface area contributed by atoms with Crippen molar-refractivity contribution in [2.45, 2.75) is 13.3 Å². The van der Waals surface area contributed by atoms with E-state index in [1.807, 2.05) is 0 Å². The number of nitrogens with zero attached hydrogens (tertiary/aromatic N) is 3. The molecular formula is C9H14N4O3. The first-order chi connectivity index (χ1) is 7.63. The molecule has 16 heavy (non-hydrogen) atoms. The summed E-state index contributed by atoms with van der Waals surface area (Å²) in [6.07, 6.45) is 2.05. The lowest BCUT2D eigenvalue weighted by molar-refractivity contribution is -0.154. The zero-order valence-corrected chi connectivity index (χ0v) is 9.27. The van der Waals surface area contributed by atoms with Gasteiger partial charge in [-0.15, -0.1) is 0 Å². The van der Waals surface area contributed by atoms with Crippen LogP contribution >= 0.6 is 0 Å². The Morgan fingerprint density at radius 3 is 2.88 bits per heavy atom. The Morgan fingerprint density at radius 2 is 2.31 bits per heavy atom. The molecule has 1 aromatic heterocycles. The Hall–Kier alpha value is -1.92. The second-order valence-electron chi connectivity index (χ2n) is 3.06. The molecule has 0 bridgehead atoms. The van der Waals surface area contributed by atoms with Crippen molar-refractivity contribution in [3.63, 3.8) is 0 Å². The molecule has 1 heterocycles. The average molecular weight is 226 g/mol. The maximum absolute atomic E-state index is 11.1. The highest BCUT2D eigenvalue weighted by molar-refractivity contribution is 6.32. The van der Waals surface area contributed by atoms with Crippen molar-refractivity contribution in [2.24, 2.45) is 7.05 Å². The van der Waals surface area contributed by atoms with Gasteiger partial charge in [0.25, 0.3) is 0 Å². The molecule has 0 aliphatic rings. The van der Waals surface area contributed by atoms with Crippen LogP contribution in [0.1, 0.15) is 12.7 Å². The summed E-state index contributed by atoms with van der Waals surface area (Å²) in [5.41, 5.74) is 0. The van der Waals surface area contributed by atoms with Crippen molar-refractivity contribution in [1.29, 1.82) is 0 Å². The normalized spacial score (nSPS) is 9.88. The summed E-state index contributed by atoms with van der Waals surface area (Å²) < 4.78 is 6.10. The quantitative estimate of drug-likeness (QED) is 0.527. The highest BCUT2D eigenvalue weighted by Gasteiger charge is 2.13. The molecule has 0 unspecified atom stereocenters. The summed E-state index contributed by atoms with van der Waals surface area (Å²) in [5.74, 6) is -0.985. The molecule has 1 N–H and O–H groups in total. The van der Waals surface area contributed by atoms with Crippen molar-refractivity contribution in [3.05, 3.63) is 12.2 Å². The first kappa shape index (κ1) is 12.2. The number of carbonyl (C=O) groups is 2. The lowest BCUT2D eigenvalue weighted by atomic mass is 10.4. The van der Waals surface area contributed by atoms with Gasteiger partial charge < -0.3 is 10.1 Å². The first-order valence-corrected chi connectivity index (χ1v) is 4.93. The minimum absolute atomic E-state index is 0.189. The van der Waals surface area contributed by atoms with Crippen LogP contribution in [-0.2, 0) is 27.8 Å². The Labute approximate surface area is 92.8 Å². The zero-order valence-electron chi connectivity index (χ0n) is 9.27. The maximum Gasteiger partial charge on any atom is 0.396 e. The predicted octanol–water partition coefficient (Wildman–Crippen LogP) is -0.963. The fraction of sp³-hybridized carbons (Fsp3) is 0.556. The van der Waals surface area contributed by atoms with Gasteiger partial charge in [0.05, 0.1) is 6.61 Å². The van der Waals surface area contributed by atoms with Crippen molar-refractivity contribution in [1.82, 2.24) is 20.1 Å². The molecule has 0 spiro atoms. The van der Waals surface area contributed by atoms with E-state index in [-0.39, 0.29) is 6.61 Å². The summed E-state index contributed by atoms with van der Waals surface area (Å²) in [5, 5.41) is 6.45. The van der Waals surface area contributed by atoms with E-state index in [2.05, 4.69) is 20.1 Å². The number of hydrogen-bond donors (Lipinski definition) is 1. The molecule has 1 amide bonds. The van der Waals surface area contributed by atoms with Crippen LogP contribution in [0.2, 0.25) is 0 Å². The predicted molar refractivity (Wildman–Crippen MR) is 54.3 cm³/mol. The van der Waals surface area contributed by atoms with E-state index in [4.69, 9.17) is 0 Å². The van der Waals surface area contributed by atoms with E-state index in [1.54, 1.807) is 25.0 Å². The molecule has 1 aromatic rings. The number of aromatic nitrogens is 3. The van der Waals surface area contributed by atoms with Crippen LogP contribution in [0.15, 0.2) is 6.33 Å². The smallest absolute Gasteiger partial charge is 0.396 e. The number of aryl methyl sites for hydroxylation is 1. The summed E-state index contributed by atoms with van der Waals surface area (Å²) in [4.78, 5) is 26.0. The second kappa shape index (κ2) is 5.84. The summed E-state index contributed by atoms with van der Waals surface area (Å²) in [6, 6.07) is 0. The first-order valence-electron chi connectivity index (χ1n) is 4.93. The van der Waals surface area contributed by atoms with Crippen LogP contribution in [0.25, 0.3) is 0 Å². The van der Waals surface area contributed by atoms with E-state index < -0.39 is 11.9 Å². The molecule has 0 aliphatic carbocycles. The molecule has 0 radical (unpaired) electrons. The van der Waals surface area contributed by atoms with E-state index in [0.717, 1.165) is 0 Å². The highest BCUT2D eigenvalue weighted by Crippen LogP contribution is 1.88. The molecule has 7 heteroatoms. The van der Waals surface area contributed by atoms with Crippen molar-refractivity contribution in [2.75, 3.05) is 13.2 Å². The third-order valence-electron chi connectivity index (χ3n) is 1.74. The number of nitrogens with one attached hydrogen (secondary N) is 1. The number of ether oxygens (including phenoxy) is 1. The third-order valence-corrected chi connectivity index (χ3v) is 1.74. The fourth-order valence-corrected chi connectivity index (χ4v) is 1.06. The number of amides is 1. The van der Waals surface area contributed by atoms with Crippen LogP contribution in [0.3, 0.4) is 0 Å². The van der Waals surface area contributed by atoms with Gasteiger partial charge in [0, 0.05) is 20.0 Å². The Bertz CT molecular complexity index is 375. The van der Waals surface area contributed by atoms with Crippen molar-refractivity contribution >= 4 is 11.9 Å². The molecule has 0 fully saturated rings. The molecule has 88 valence electrons. The van der Waals surface area contributed by atoms with Gasteiger partial charge in [0.2, 0.25) is 0 Å². The van der Waals surface area contributed by atoms with Crippen LogP contribution in [0.5, 0.6) is 0 Å². The van der Waals surface area contributed by atoms with Gasteiger partial charge in [0.15, 0.2) is 5.82 Å². The van der Waals surface area contributed by atoms with E-state index in [1.165, 1.54) is 0 Å². The molecule has 0 aliphatic heterocycles. The van der Waals surface area contributed by atoms with Gasteiger partial charge in [-0.1, -0.05) is 0 Å². The summed E-state index contributed by atoms with van der Waals surface area (Å²) in [7, 11) is 1.76. The van der Waals surface area contributed by atoms with E-state index >= 15 is 0 Å². The van der Waals surface area contributed by atoms with Gasteiger partial charge in [0.1, 0.15) is 6.33 Å². The Morgan fingerprint density at radius 1 is 1.56 bits per heavy atom.